The summed E-state index contributed by atoms with van der Waals surface area (Å²) in [4.78, 5) is 13.3. The highest BCUT2D eigenvalue weighted by Gasteiger charge is 2.18. The fraction of sp³-hybridized carbons (Fsp3) is 0.167. The molecule has 0 saturated heterocycles. The largest absolute Gasteiger partial charge is 0.361 e. The average molecular weight is 213 g/mol. The molecule has 0 fully saturated rings. The molecule has 0 unspecified atom stereocenters. The number of aromatic nitrogens is 2. The Labute approximate surface area is 92.5 Å². The number of H-pyrrole nitrogens is 1. The van der Waals surface area contributed by atoms with Crippen molar-refractivity contribution in [1.29, 1.82) is 0 Å². The molecule has 1 N–H and O–H groups in total. The number of rotatable bonds is 1. The average Bonchev–Trinajstić information content (AvgIpc) is 2.72. The lowest BCUT2D eigenvalue weighted by atomic mass is 10.1. The maximum atomic E-state index is 11.2. The summed E-state index contributed by atoms with van der Waals surface area (Å²) in [6.07, 6.45) is 1.69. The molecule has 2 heterocycles. The van der Waals surface area contributed by atoms with E-state index >= 15 is 0 Å². The Hall–Kier alpha value is -2.10. The van der Waals surface area contributed by atoms with Crippen LogP contribution < -0.4 is 10.5 Å². The van der Waals surface area contributed by atoms with Crippen molar-refractivity contribution in [2.75, 3.05) is 4.90 Å². The number of anilines is 1. The van der Waals surface area contributed by atoms with Gasteiger partial charge in [0.25, 0.3) is 5.56 Å². The zero-order chi connectivity index (χ0) is 11.0. The van der Waals surface area contributed by atoms with Crippen LogP contribution in [0.4, 0.5) is 5.69 Å². The molecule has 4 nitrogen and oxygen atoms in total. The lowest BCUT2D eigenvalue weighted by molar-refractivity contribution is 0.859. The molecular weight excluding hydrogens is 202 g/mol. The van der Waals surface area contributed by atoms with Crippen LogP contribution in [0.3, 0.4) is 0 Å². The lowest BCUT2D eigenvalue weighted by Crippen LogP contribution is -2.18. The maximum absolute atomic E-state index is 11.2. The maximum Gasteiger partial charge on any atom is 0.266 e. The summed E-state index contributed by atoms with van der Waals surface area (Å²) in [7, 11) is 0. The van der Waals surface area contributed by atoms with Gasteiger partial charge in [0.1, 0.15) is 0 Å². The molecule has 0 amide bonds. The van der Waals surface area contributed by atoms with Gasteiger partial charge < -0.3 is 4.90 Å². The van der Waals surface area contributed by atoms with Gasteiger partial charge in [-0.2, -0.15) is 5.10 Å². The molecule has 0 spiro atoms. The molecular formula is C12H11N3O. The van der Waals surface area contributed by atoms with E-state index in [2.05, 4.69) is 27.2 Å². The van der Waals surface area contributed by atoms with Gasteiger partial charge in [-0.05, 0) is 11.1 Å². The molecule has 0 bridgehead atoms. The van der Waals surface area contributed by atoms with Gasteiger partial charge in [0.15, 0.2) is 0 Å². The van der Waals surface area contributed by atoms with E-state index in [4.69, 9.17) is 0 Å². The van der Waals surface area contributed by atoms with Crippen molar-refractivity contribution in [3.63, 3.8) is 0 Å². The number of aromatic amines is 1. The first-order valence-electron chi connectivity index (χ1n) is 5.19. The number of nitrogens with zero attached hydrogens (tertiary/aromatic N) is 2. The second-order valence-electron chi connectivity index (χ2n) is 3.93. The molecule has 1 aliphatic heterocycles. The van der Waals surface area contributed by atoms with Crippen LogP contribution in [0.1, 0.15) is 11.1 Å². The fourth-order valence-corrected chi connectivity index (χ4v) is 2.05. The molecule has 0 atom stereocenters. The van der Waals surface area contributed by atoms with Crippen molar-refractivity contribution in [3.8, 4) is 0 Å². The third kappa shape index (κ3) is 1.48. The van der Waals surface area contributed by atoms with Crippen molar-refractivity contribution in [2.45, 2.75) is 13.1 Å². The van der Waals surface area contributed by atoms with E-state index in [0.29, 0.717) is 0 Å². The molecule has 4 heteroatoms. The minimum Gasteiger partial charge on any atom is -0.361 e. The lowest BCUT2D eigenvalue weighted by Gasteiger charge is -2.16. The van der Waals surface area contributed by atoms with Gasteiger partial charge in [0.05, 0.1) is 11.9 Å². The zero-order valence-corrected chi connectivity index (χ0v) is 8.68. The van der Waals surface area contributed by atoms with Crippen molar-refractivity contribution in [3.05, 3.63) is 58.0 Å². The van der Waals surface area contributed by atoms with Crippen molar-refractivity contribution in [1.82, 2.24) is 10.2 Å². The summed E-state index contributed by atoms with van der Waals surface area (Å²) in [6.45, 7) is 1.70. The highest BCUT2D eigenvalue weighted by atomic mass is 16.1. The van der Waals surface area contributed by atoms with Crippen LogP contribution in [-0.2, 0) is 13.1 Å². The van der Waals surface area contributed by atoms with Crippen LogP contribution in [0, 0.1) is 0 Å². The van der Waals surface area contributed by atoms with E-state index in [1.807, 2.05) is 12.1 Å². The normalized spacial score (nSPS) is 13.9. The van der Waals surface area contributed by atoms with Crippen LogP contribution in [0.25, 0.3) is 0 Å². The number of nitrogens with one attached hydrogen (secondary N) is 1. The Morgan fingerprint density at radius 3 is 2.50 bits per heavy atom. The van der Waals surface area contributed by atoms with Gasteiger partial charge in [-0.15, -0.1) is 0 Å². The van der Waals surface area contributed by atoms with Crippen LogP contribution in [0.15, 0.2) is 41.3 Å². The van der Waals surface area contributed by atoms with Gasteiger partial charge in [0.2, 0.25) is 0 Å². The van der Waals surface area contributed by atoms with Crippen molar-refractivity contribution < 1.29 is 0 Å². The van der Waals surface area contributed by atoms with Crippen LogP contribution in [0.5, 0.6) is 0 Å². The molecule has 0 aliphatic carbocycles. The Bertz CT molecular complexity index is 551. The summed E-state index contributed by atoms with van der Waals surface area (Å²) < 4.78 is 0. The highest BCUT2D eigenvalue weighted by molar-refractivity contribution is 5.49. The second kappa shape index (κ2) is 3.48. The Morgan fingerprint density at radius 2 is 1.88 bits per heavy atom. The predicted molar refractivity (Wildman–Crippen MR) is 61.2 cm³/mol. The Morgan fingerprint density at radius 1 is 1.19 bits per heavy atom. The minimum absolute atomic E-state index is 0.159. The minimum atomic E-state index is -0.159. The summed E-state index contributed by atoms with van der Waals surface area (Å²) in [6, 6.07) is 9.90. The Kier molecular flexibility index (Phi) is 1.99. The summed E-state index contributed by atoms with van der Waals surface area (Å²) >= 11 is 0. The summed E-state index contributed by atoms with van der Waals surface area (Å²) in [5.41, 5.74) is 3.36. The second-order valence-corrected chi connectivity index (χ2v) is 3.93. The van der Waals surface area contributed by atoms with Gasteiger partial charge >= 0.3 is 0 Å². The first-order chi connectivity index (χ1) is 7.83. The summed E-state index contributed by atoms with van der Waals surface area (Å²) in [5, 5.41) is 6.20. The standard InChI is InChI=1S/C12H11N3O/c16-12-5-11(6-13-14-12)15-7-9-3-1-2-4-10(9)8-15/h1-6H,7-8H2,(H,14,16). The molecule has 1 aromatic heterocycles. The molecule has 0 radical (unpaired) electrons. The third-order valence-electron chi connectivity index (χ3n) is 2.86. The molecule has 1 aromatic carbocycles. The Balaban J connectivity index is 1.94. The van der Waals surface area contributed by atoms with Crippen molar-refractivity contribution in [2.24, 2.45) is 0 Å². The number of hydrogen-bond acceptors (Lipinski definition) is 3. The topological polar surface area (TPSA) is 49.0 Å². The molecule has 0 saturated carbocycles. The quantitative estimate of drug-likeness (QED) is 0.776. The molecule has 16 heavy (non-hydrogen) atoms. The first-order valence-corrected chi connectivity index (χ1v) is 5.19. The molecule has 3 rings (SSSR count). The third-order valence-corrected chi connectivity index (χ3v) is 2.86. The fourth-order valence-electron chi connectivity index (χ4n) is 2.05. The van der Waals surface area contributed by atoms with Crippen molar-refractivity contribution >= 4 is 5.69 Å². The van der Waals surface area contributed by atoms with Gasteiger partial charge in [-0.3, -0.25) is 4.79 Å². The van der Waals surface area contributed by atoms with Crippen LogP contribution >= 0.6 is 0 Å². The first kappa shape index (κ1) is 9.15. The zero-order valence-electron chi connectivity index (χ0n) is 8.68. The van der Waals surface area contributed by atoms with E-state index in [0.717, 1.165) is 18.8 Å². The molecule has 2 aromatic rings. The van der Waals surface area contributed by atoms with Crippen LogP contribution in [0.2, 0.25) is 0 Å². The number of hydrogen-bond donors (Lipinski definition) is 1. The van der Waals surface area contributed by atoms with Gasteiger partial charge in [-0.25, -0.2) is 5.10 Å². The number of benzene rings is 1. The molecule has 80 valence electrons. The van der Waals surface area contributed by atoms with Gasteiger partial charge in [0, 0.05) is 19.2 Å². The van der Waals surface area contributed by atoms with E-state index in [1.54, 1.807) is 12.3 Å². The SMILES string of the molecule is O=c1cc(N2Cc3ccccc3C2)cn[nH]1. The molecule has 1 aliphatic rings. The van der Waals surface area contributed by atoms with Gasteiger partial charge in [-0.1, -0.05) is 24.3 Å². The number of fused-ring (bicyclic) bond motifs is 1. The summed E-state index contributed by atoms with van der Waals surface area (Å²) in [5.74, 6) is 0. The van der Waals surface area contributed by atoms with E-state index in [1.165, 1.54) is 11.1 Å². The van der Waals surface area contributed by atoms with E-state index in [-0.39, 0.29) is 5.56 Å². The van der Waals surface area contributed by atoms with Crippen LogP contribution in [-0.4, -0.2) is 10.2 Å². The smallest absolute Gasteiger partial charge is 0.266 e. The predicted octanol–water partition coefficient (Wildman–Crippen LogP) is 1.29. The van der Waals surface area contributed by atoms with E-state index in [9.17, 15) is 4.79 Å². The highest BCUT2D eigenvalue weighted by Crippen LogP contribution is 2.26. The monoisotopic (exact) mass is 213 g/mol. The van der Waals surface area contributed by atoms with E-state index < -0.39 is 0 Å².